The van der Waals surface area contributed by atoms with Crippen molar-refractivity contribution < 1.29 is 4.79 Å². The van der Waals surface area contributed by atoms with Crippen molar-refractivity contribution in [1.82, 2.24) is 10.6 Å². The minimum atomic E-state index is -0.0729. The second kappa shape index (κ2) is 7.28. The van der Waals surface area contributed by atoms with Gasteiger partial charge in [-0.25, -0.2) is 0 Å². The van der Waals surface area contributed by atoms with E-state index in [9.17, 15) is 4.79 Å². The Morgan fingerprint density at radius 1 is 1.45 bits per heavy atom. The second-order valence-electron chi connectivity index (χ2n) is 5.46. The normalized spacial score (nSPS) is 21.4. The summed E-state index contributed by atoms with van der Waals surface area (Å²) in [5, 5.41) is 15.1. The molecule has 0 bridgehead atoms. The molecule has 20 heavy (non-hydrogen) atoms. The lowest BCUT2D eigenvalue weighted by atomic mass is 9.83. The molecule has 0 aromatic heterocycles. The Balaban J connectivity index is 0.00000200. The monoisotopic (exact) mass is 293 g/mol. The Morgan fingerprint density at radius 3 is 2.70 bits per heavy atom. The van der Waals surface area contributed by atoms with Crippen molar-refractivity contribution >= 4 is 18.3 Å². The number of nitrogens with zero attached hydrogens (tertiary/aromatic N) is 1. The van der Waals surface area contributed by atoms with E-state index in [1.165, 1.54) is 0 Å². The minimum absolute atomic E-state index is 0. The van der Waals surface area contributed by atoms with E-state index in [2.05, 4.69) is 17.6 Å². The van der Waals surface area contributed by atoms with Gasteiger partial charge in [-0.05, 0) is 49.1 Å². The summed E-state index contributed by atoms with van der Waals surface area (Å²) in [5.41, 5.74) is 1.31. The highest BCUT2D eigenvalue weighted by atomic mass is 35.5. The first-order chi connectivity index (χ1) is 9.13. The molecule has 1 aromatic carbocycles. The summed E-state index contributed by atoms with van der Waals surface area (Å²) in [5.74, 6) is -0.0729. The van der Waals surface area contributed by atoms with Crippen LogP contribution in [-0.2, 0) is 0 Å². The van der Waals surface area contributed by atoms with E-state index < -0.39 is 0 Å². The average molecular weight is 294 g/mol. The highest BCUT2D eigenvalue weighted by Gasteiger charge is 2.27. The second-order valence-corrected chi connectivity index (χ2v) is 5.46. The van der Waals surface area contributed by atoms with E-state index in [-0.39, 0.29) is 23.7 Å². The fourth-order valence-corrected chi connectivity index (χ4v) is 2.36. The summed E-state index contributed by atoms with van der Waals surface area (Å²) in [6.07, 6.45) is 2.29. The zero-order valence-corrected chi connectivity index (χ0v) is 12.4. The fraction of sp³-hybridized carbons (Fsp3) is 0.467. The number of hydrogen-bond acceptors (Lipinski definition) is 3. The molecular weight excluding hydrogens is 274 g/mol. The maximum atomic E-state index is 12.0. The maximum absolute atomic E-state index is 12.0. The number of carbonyl (C=O) groups is 1. The van der Waals surface area contributed by atoms with E-state index in [0.717, 1.165) is 25.9 Å². The highest BCUT2D eigenvalue weighted by molar-refractivity contribution is 5.94. The van der Waals surface area contributed by atoms with E-state index in [1.807, 2.05) is 6.07 Å². The predicted octanol–water partition coefficient (Wildman–Crippen LogP) is 2.10. The van der Waals surface area contributed by atoms with E-state index >= 15 is 0 Å². The lowest BCUT2D eigenvalue weighted by Gasteiger charge is -2.34. The van der Waals surface area contributed by atoms with E-state index in [1.54, 1.807) is 24.3 Å². The van der Waals surface area contributed by atoms with Crippen LogP contribution in [0.1, 0.15) is 35.7 Å². The zero-order valence-electron chi connectivity index (χ0n) is 11.6. The Kier molecular flexibility index (Phi) is 6.00. The van der Waals surface area contributed by atoms with Crippen molar-refractivity contribution in [3.05, 3.63) is 35.4 Å². The van der Waals surface area contributed by atoms with Crippen molar-refractivity contribution in [3.63, 3.8) is 0 Å². The van der Waals surface area contributed by atoms with Gasteiger partial charge in [0.15, 0.2) is 0 Å². The molecule has 1 fully saturated rings. The molecule has 1 heterocycles. The van der Waals surface area contributed by atoms with Gasteiger partial charge < -0.3 is 10.6 Å². The molecular formula is C15H20ClN3O. The molecule has 1 unspecified atom stereocenters. The average Bonchev–Trinajstić information content (AvgIpc) is 2.46. The third kappa shape index (κ3) is 4.22. The lowest BCUT2D eigenvalue weighted by molar-refractivity contribution is 0.0924. The van der Waals surface area contributed by atoms with Gasteiger partial charge in [-0.3, -0.25) is 4.79 Å². The summed E-state index contributed by atoms with van der Waals surface area (Å²) in [6, 6.07) is 8.75. The summed E-state index contributed by atoms with van der Waals surface area (Å²) >= 11 is 0. The molecule has 1 atom stereocenters. The number of rotatable bonds is 3. The smallest absolute Gasteiger partial charge is 0.251 e. The first-order valence-electron chi connectivity index (χ1n) is 6.62. The Hall–Kier alpha value is -1.57. The van der Waals surface area contributed by atoms with Gasteiger partial charge >= 0.3 is 0 Å². The first-order valence-corrected chi connectivity index (χ1v) is 6.62. The van der Waals surface area contributed by atoms with Crippen molar-refractivity contribution in [2.45, 2.75) is 19.8 Å². The molecule has 1 aromatic rings. The van der Waals surface area contributed by atoms with Crippen LogP contribution >= 0.6 is 12.4 Å². The van der Waals surface area contributed by atoms with Gasteiger partial charge in [0.05, 0.1) is 11.6 Å². The van der Waals surface area contributed by atoms with Gasteiger partial charge in [-0.15, -0.1) is 12.4 Å². The lowest BCUT2D eigenvalue weighted by Crippen LogP contribution is -2.45. The van der Waals surface area contributed by atoms with Gasteiger partial charge in [0, 0.05) is 18.7 Å². The molecule has 0 saturated carbocycles. The minimum Gasteiger partial charge on any atom is -0.351 e. The highest BCUT2D eigenvalue weighted by Crippen LogP contribution is 2.24. The van der Waals surface area contributed by atoms with E-state index in [0.29, 0.717) is 17.7 Å². The quantitative estimate of drug-likeness (QED) is 0.897. The number of benzene rings is 1. The van der Waals surface area contributed by atoms with Crippen LogP contribution in [0.3, 0.4) is 0 Å². The third-order valence-electron chi connectivity index (χ3n) is 3.64. The van der Waals surface area contributed by atoms with Crippen LogP contribution in [-0.4, -0.2) is 25.5 Å². The molecule has 0 radical (unpaired) electrons. The molecule has 1 amide bonds. The standard InChI is InChI=1S/C15H19N3O.ClH/c1-15(7-2-8-17-10-15)11-18-14(19)13-5-3-12(9-16)4-6-13;/h3-6,17H,2,7-8,10-11H2,1H3,(H,18,19);1H. The topological polar surface area (TPSA) is 64.9 Å². The van der Waals surface area contributed by atoms with Gasteiger partial charge in [0.2, 0.25) is 0 Å². The SMILES string of the molecule is CC1(CNC(=O)c2ccc(C#N)cc2)CCCNC1.Cl. The van der Waals surface area contributed by atoms with Gasteiger partial charge in [-0.1, -0.05) is 6.92 Å². The first kappa shape index (κ1) is 16.5. The molecule has 1 saturated heterocycles. The van der Waals surface area contributed by atoms with Gasteiger partial charge in [-0.2, -0.15) is 5.26 Å². The molecule has 1 aliphatic heterocycles. The van der Waals surface area contributed by atoms with Crippen LogP contribution in [0.2, 0.25) is 0 Å². The van der Waals surface area contributed by atoms with Crippen LogP contribution in [0.4, 0.5) is 0 Å². The largest absolute Gasteiger partial charge is 0.351 e. The van der Waals surface area contributed by atoms with Crippen LogP contribution < -0.4 is 10.6 Å². The van der Waals surface area contributed by atoms with Gasteiger partial charge in [0.25, 0.3) is 5.91 Å². The molecule has 4 nitrogen and oxygen atoms in total. The molecule has 0 aliphatic carbocycles. The molecule has 108 valence electrons. The van der Waals surface area contributed by atoms with Crippen molar-refractivity contribution in [1.29, 1.82) is 5.26 Å². The fourth-order valence-electron chi connectivity index (χ4n) is 2.36. The van der Waals surface area contributed by atoms with Crippen LogP contribution in [0.5, 0.6) is 0 Å². The maximum Gasteiger partial charge on any atom is 0.251 e. The van der Waals surface area contributed by atoms with Crippen molar-refractivity contribution in [2.24, 2.45) is 5.41 Å². The summed E-state index contributed by atoms with van der Waals surface area (Å²) in [6.45, 7) is 4.89. The summed E-state index contributed by atoms with van der Waals surface area (Å²) in [7, 11) is 0. The molecule has 2 rings (SSSR count). The van der Waals surface area contributed by atoms with E-state index in [4.69, 9.17) is 5.26 Å². The summed E-state index contributed by atoms with van der Waals surface area (Å²) in [4.78, 5) is 12.0. The predicted molar refractivity (Wildman–Crippen MR) is 80.9 cm³/mol. The molecule has 2 N–H and O–H groups in total. The third-order valence-corrected chi connectivity index (χ3v) is 3.64. The number of nitriles is 1. The number of piperidine rings is 1. The summed E-state index contributed by atoms with van der Waals surface area (Å²) < 4.78 is 0. The number of carbonyl (C=O) groups excluding carboxylic acids is 1. The number of nitrogens with one attached hydrogen (secondary N) is 2. The van der Waals surface area contributed by atoms with Crippen molar-refractivity contribution in [3.8, 4) is 6.07 Å². The van der Waals surface area contributed by atoms with Crippen LogP contribution in [0, 0.1) is 16.7 Å². The molecule has 1 aliphatic rings. The molecule has 5 heteroatoms. The van der Waals surface area contributed by atoms with Crippen LogP contribution in [0.25, 0.3) is 0 Å². The van der Waals surface area contributed by atoms with Crippen LogP contribution in [0.15, 0.2) is 24.3 Å². The van der Waals surface area contributed by atoms with Crippen molar-refractivity contribution in [2.75, 3.05) is 19.6 Å². The number of amides is 1. The Morgan fingerprint density at radius 2 is 2.15 bits per heavy atom. The number of halogens is 1. The zero-order chi connectivity index (χ0) is 13.7. The number of hydrogen-bond donors (Lipinski definition) is 2. The molecule has 0 spiro atoms. The van der Waals surface area contributed by atoms with Gasteiger partial charge in [0.1, 0.15) is 0 Å². The Bertz CT molecular complexity index is 487. The Labute approximate surface area is 126 Å².